The summed E-state index contributed by atoms with van der Waals surface area (Å²) in [5.74, 6) is -0.163. The molecule has 1 aliphatic rings. The first kappa shape index (κ1) is 21.3. The third kappa shape index (κ3) is 4.12. The van der Waals surface area contributed by atoms with Crippen molar-refractivity contribution in [2.45, 2.75) is 24.8 Å². The number of amidine groups is 1. The minimum absolute atomic E-state index is 0.164. The Morgan fingerprint density at radius 2 is 1.85 bits per heavy atom. The third-order valence-corrected chi connectivity index (χ3v) is 7.77. The molecule has 7 nitrogen and oxygen atoms in total. The monoisotopic (exact) mass is 476 g/mol. The minimum atomic E-state index is -3.65. The Kier molecular flexibility index (Phi) is 5.22. The fourth-order valence-corrected chi connectivity index (χ4v) is 5.89. The number of sulfonamides is 1. The Morgan fingerprint density at radius 1 is 1.09 bits per heavy atom. The van der Waals surface area contributed by atoms with E-state index in [1.165, 1.54) is 11.6 Å². The summed E-state index contributed by atoms with van der Waals surface area (Å²) in [4.78, 5) is 21.8. The van der Waals surface area contributed by atoms with Gasteiger partial charge in [0.25, 0.3) is 10.0 Å². The summed E-state index contributed by atoms with van der Waals surface area (Å²) < 4.78 is 28.0. The molecule has 3 aromatic carbocycles. The van der Waals surface area contributed by atoms with Gasteiger partial charge in [0.2, 0.25) is 5.91 Å². The smallest absolute Gasteiger partial charge is 0.263 e. The van der Waals surface area contributed by atoms with E-state index in [2.05, 4.69) is 33.0 Å². The summed E-state index contributed by atoms with van der Waals surface area (Å²) >= 11 is 1.63. The van der Waals surface area contributed by atoms with Crippen LogP contribution in [0.5, 0.6) is 0 Å². The van der Waals surface area contributed by atoms with Crippen molar-refractivity contribution in [2.24, 2.45) is 4.99 Å². The number of rotatable bonds is 4. The van der Waals surface area contributed by atoms with Crippen LogP contribution in [0.25, 0.3) is 20.8 Å². The largest absolute Gasteiger partial charge is 0.324 e. The average molecular weight is 477 g/mol. The first-order chi connectivity index (χ1) is 15.8. The molecule has 2 heterocycles. The molecule has 1 aliphatic heterocycles. The maximum absolute atomic E-state index is 12.7. The number of aromatic nitrogens is 1. The molecular formula is C24H20N4O3S2. The van der Waals surface area contributed by atoms with Crippen molar-refractivity contribution < 1.29 is 13.2 Å². The predicted molar refractivity (Wildman–Crippen MR) is 131 cm³/mol. The number of thiazole rings is 1. The molecule has 0 saturated heterocycles. The number of anilines is 1. The standard InChI is InChI=1S/C24H20N4O3S2/c1-14-7-12-19-20(13-14)32-24(27-19)16-8-10-17(11-9-16)26-23(29)15(2)25-22-18-5-3-4-6-21(18)33(30,31)28-22/h3-13,15H,1-2H3,(H,25,28)(H,26,29)/t15-/m0/s1. The number of hydrogen-bond acceptors (Lipinski definition) is 6. The lowest BCUT2D eigenvalue weighted by atomic mass is 10.2. The highest BCUT2D eigenvalue weighted by Crippen LogP contribution is 2.31. The number of amides is 1. The second kappa shape index (κ2) is 8.09. The second-order valence-electron chi connectivity index (χ2n) is 7.81. The molecule has 9 heteroatoms. The van der Waals surface area contributed by atoms with Crippen molar-refractivity contribution in [1.82, 2.24) is 9.71 Å². The van der Waals surface area contributed by atoms with E-state index in [9.17, 15) is 13.2 Å². The van der Waals surface area contributed by atoms with Gasteiger partial charge in [0.15, 0.2) is 0 Å². The van der Waals surface area contributed by atoms with E-state index in [0.29, 0.717) is 11.3 Å². The van der Waals surface area contributed by atoms with Crippen LogP contribution in [0.1, 0.15) is 18.1 Å². The van der Waals surface area contributed by atoms with Crippen LogP contribution >= 0.6 is 11.3 Å². The molecule has 0 unspecified atom stereocenters. The summed E-state index contributed by atoms with van der Waals surface area (Å²) in [6, 6.07) is 19.4. The number of fused-ring (bicyclic) bond motifs is 2. The van der Waals surface area contributed by atoms with Crippen LogP contribution in [0.3, 0.4) is 0 Å². The quantitative estimate of drug-likeness (QED) is 0.458. The lowest BCUT2D eigenvalue weighted by Crippen LogP contribution is -2.28. The van der Waals surface area contributed by atoms with E-state index in [0.717, 1.165) is 20.8 Å². The molecule has 2 N–H and O–H groups in total. The van der Waals surface area contributed by atoms with Gasteiger partial charge in [0.1, 0.15) is 16.9 Å². The van der Waals surface area contributed by atoms with Crippen molar-refractivity contribution in [3.63, 3.8) is 0 Å². The average Bonchev–Trinajstić information content (AvgIpc) is 3.32. The fourth-order valence-electron chi connectivity index (χ4n) is 3.58. The molecule has 0 bridgehead atoms. The van der Waals surface area contributed by atoms with Gasteiger partial charge in [0.05, 0.1) is 15.1 Å². The Balaban J connectivity index is 1.31. The summed E-state index contributed by atoms with van der Waals surface area (Å²) in [5.41, 5.74) is 4.22. The van der Waals surface area contributed by atoms with Gasteiger partial charge in [0, 0.05) is 16.8 Å². The maximum Gasteiger partial charge on any atom is 0.263 e. The van der Waals surface area contributed by atoms with Crippen molar-refractivity contribution in [3.8, 4) is 10.6 Å². The topological polar surface area (TPSA) is 101 Å². The van der Waals surface area contributed by atoms with E-state index in [1.807, 2.05) is 36.4 Å². The number of nitrogens with one attached hydrogen (secondary N) is 2. The molecule has 33 heavy (non-hydrogen) atoms. The molecule has 1 aromatic heterocycles. The van der Waals surface area contributed by atoms with E-state index >= 15 is 0 Å². The van der Waals surface area contributed by atoms with Crippen LogP contribution in [0.4, 0.5) is 5.69 Å². The number of carbonyl (C=O) groups excluding carboxylic acids is 1. The van der Waals surface area contributed by atoms with Gasteiger partial charge in [-0.3, -0.25) is 14.5 Å². The van der Waals surface area contributed by atoms with Crippen molar-refractivity contribution >= 4 is 49.0 Å². The molecule has 166 valence electrons. The summed E-state index contributed by atoms with van der Waals surface area (Å²) in [6.45, 7) is 3.68. The van der Waals surface area contributed by atoms with Crippen LogP contribution in [0.2, 0.25) is 0 Å². The van der Waals surface area contributed by atoms with Gasteiger partial charge in [-0.2, -0.15) is 0 Å². The Morgan fingerprint density at radius 3 is 2.64 bits per heavy atom. The van der Waals surface area contributed by atoms with E-state index < -0.39 is 16.1 Å². The van der Waals surface area contributed by atoms with E-state index in [4.69, 9.17) is 0 Å². The van der Waals surface area contributed by atoms with Gasteiger partial charge in [-0.15, -0.1) is 11.3 Å². The number of nitrogens with zero attached hydrogens (tertiary/aromatic N) is 2. The molecule has 0 radical (unpaired) electrons. The second-order valence-corrected chi connectivity index (χ2v) is 10.5. The number of aliphatic imine (C=N–C) groups is 1. The first-order valence-electron chi connectivity index (χ1n) is 10.3. The number of aryl methyl sites for hydroxylation is 1. The van der Waals surface area contributed by atoms with Gasteiger partial charge in [-0.1, -0.05) is 18.2 Å². The van der Waals surface area contributed by atoms with Crippen LogP contribution < -0.4 is 10.0 Å². The van der Waals surface area contributed by atoms with Crippen molar-refractivity contribution in [3.05, 3.63) is 77.9 Å². The van der Waals surface area contributed by atoms with Crippen LogP contribution in [0, 0.1) is 6.92 Å². The van der Waals surface area contributed by atoms with E-state index in [1.54, 1.807) is 36.5 Å². The Bertz CT molecular complexity index is 1520. The lowest BCUT2D eigenvalue weighted by Gasteiger charge is -2.10. The minimum Gasteiger partial charge on any atom is -0.324 e. The van der Waals surface area contributed by atoms with Crippen LogP contribution in [-0.2, 0) is 14.8 Å². The Hall–Kier alpha value is -3.56. The van der Waals surface area contributed by atoms with Crippen LogP contribution in [0.15, 0.2) is 76.6 Å². The third-order valence-electron chi connectivity index (χ3n) is 5.31. The molecule has 1 amide bonds. The van der Waals surface area contributed by atoms with Gasteiger partial charge < -0.3 is 5.32 Å². The highest BCUT2D eigenvalue weighted by molar-refractivity contribution is 7.90. The normalized spacial score (nSPS) is 16.4. The zero-order valence-corrected chi connectivity index (χ0v) is 19.5. The number of benzene rings is 3. The highest BCUT2D eigenvalue weighted by atomic mass is 32.2. The summed E-state index contributed by atoms with van der Waals surface area (Å²) in [5, 5.41) is 3.75. The molecule has 0 saturated carbocycles. The zero-order chi connectivity index (χ0) is 23.2. The fraction of sp³-hybridized carbons (Fsp3) is 0.125. The molecule has 5 rings (SSSR count). The lowest BCUT2D eigenvalue weighted by molar-refractivity contribution is -0.117. The van der Waals surface area contributed by atoms with Crippen LogP contribution in [-0.4, -0.2) is 31.2 Å². The first-order valence-corrected chi connectivity index (χ1v) is 12.6. The summed E-state index contributed by atoms with van der Waals surface area (Å²) in [6.07, 6.45) is 0. The zero-order valence-electron chi connectivity index (χ0n) is 17.9. The van der Waals surface area contributed by atoms with Gasteiger partial charge >= 0.3 is 0 Å². The predicted octanol–water partition coefficient (Wildman–Crippen LogP) is 4.34. The molecule has 0 aliphatic carbocycles. The molecule has 4 aromatic rings. The van der Waals surface area contributed by atoms with E-state index in [-0.39, 0.29) is 16.6 Å². The maximum atomic E-state index is 12.7. The SMILES string of the molecule is Cc1ccc2nc(-c3ccc(NC(=O)[C@H](C)N=C4NS(=O)(=O)c5ccccc54)cc3)sc2c1. The molecule has 0 fully saturated rings. The molecular weight excluding hydrogens is 456 g/mol. The Labute approximate surface area is 195 Å². The number of carbonyl (C=O) groups is 1. The van der Waals surface area contributed by atoms with Gasteiger partial charge in [-0.25, -0.2) is 13.4 Å². The molecule has 0 spiro atoms. The van der Waals surface area contributed by atoms with Gasteiger partial charge in [-0.05, 0) is 67.9 Å². The van der Waals surface area contributed by atoms with Crippen molar-refractivity contribution in [2.75, 3.05) is 5.32 Å². The molecule has 1 atom stereocenters. The highest BCUT2D eigenvalue weighted by Gasteiger charge is 2.31. The van der Waals surface area contributed by atoms with Crippen molar-refractivity contribution in [1.29, 1.82) is 0 Å². The number of hydrogen-bond donors (Lipinski definition) is 2. The summed E-state index contributed by atoms with van der Waals surface area (Å²) in [7, 11) is -3.65.